The van der Waals surface area contributed by atoms with Crippen LogP contribution in [-0.4, -0.2) is 24.1 Å². The molecule has 51 heavy (non-hydrogen) atoms. The van der Waals surface area contributed by atoms with Crippen molar-refractivity contribution in [3.8, 4) is 34.4 Å². The summed E-state index contributed by atoms with van der Waals surface area (Å²) in [6.45, 7) is 0. The maximum absolute atomic E-state index is 6.19. The van der Waals surface area contributed by atoms with Gasteiger partial charge in [0.25, 0.3) is 0 Å². The summed E-state index contributed by atoms with van der Waals surface area (Å²) in [4.78, 5) is 15.4. The maximum atomic E-state index is 6.19. The molecule has 7 aromatic carbocycles. The fourth-order valence-electron chi connectivity index (χ4n) is 7.69. The molecule has 0 radical (unpaired) electrons. The van der Waals surface area contributed by atoms with Gasteiger partial charge in [-0.3, -0.25) is 4.57 Å². The standard InChI is InChI=1S/C45H27N5O/c1-2-12-28(13-3-1)43-46-44(48-45(47-43)50-38-19-9-5-14-31(38)32-15-6-10-20-39(32)50)29-22-24-34-33-16-4-8-18-37(33)49(40(34)26-29)30-23-25-42-36(27-30)35-17-7-11-21-41(35)51-42/h1-27H. The molecule has 6 nitrogen and oxygen atoms in total. The Morgan fingerprint density at radius 3 is 1.61 bits per heavy atom. The van der Waals surface area contributed by atoms with Gasteiger partial charge in [-0.2, -0.15) is 9.97 Å². The minimum absolute atomic E-state index is 0.578. The van der Waals surface area contributed by atoms with Crippen LogP contribution in [0.3, 0.4) is 0 Å². The molecule has 0 fully saturated rings. The largest absolute Gasteiger partial charge is 0.456 e. The van der Waals surface area contributed by atoms with Gasteiger partial charge in [0, 0.05) is 49.1 Å². The Kier molecular flexibility index (Phi) is 5.86. The Labute approximate surface area is 291 Å². The molecule has 4 heterocycles. The minimum atomic E-state index is 0.578. The summed E-state index contributed by atoms with van der Waals surface area (Å²) < 4.78 is 10.7. The number of para-hydroxylation sites is 4. The predicted octanol–water partition coefficient (Wildman–Crippen LogP) is 11.3. The van der Waals surface area contributed by atoms with Crippen molar-refractivity contribution >= 4 is 65.6 Å². The zero-order chi connectivity index (χ0) is 33.5. The third-order valence-corrected chi connectivity index (χ3v) is 9.99. The second-order valence-corrected chi connectivity index (χ2v) is 12.9. The molecule has 0 saturated carbocycles. The molecule has 0 amide bonds. The molecule has 0 aliphatic rings. The number of nitrogens with zero attached hydrogens (tertiary/aromatic N) is 5. The highest BCUT2D eigenvalue weighted by molar-refractivity contribution is 6.12. The van der Waals surface area contributed by atoms with Crippen LogP contribution in [-0.2, 0) is 0 Å². The van der Waals surface area contributed by atoms with Crippen LogP contribution in [0.4, 0.5) is 0 Å². The van der Waals surface area contributed by atoms with Gasteiger partial charge in [-0.05, 0) is 48.5 Å². The lowest BCUT2D eigenvalue weighted by Gasteiger charge is -2.12. The highest BCUT2D eigenvalue weighted by Crippen LogP contribution is 2.38. The van der Waals surface area contributed by atoms with Gasteiger partial charge in [-0.1, -0.05) is 115 Å². The van der Waals surface area contributed by atoms with Gasteiger partial charge in [0.15, 0.2) is 11.6 Å². The molecular formula is C45H27N5O. The quantitative estimate of drug-likeness (QED) is 0.190. The molecular weight excluding hydrogens is 627 g/mol. The van der Waals surface area contributed by atoms with Gasteiger partial charge in [-0.25, -0.2) is 4.98 Å². The summed E-state index contributed by atoms with van der Waals surface area (Å²) in [6, 6.07) is 56.8. The Balaban J connectivity index is 1.17. The molecule has 0 atom stereocenters. The van der Waals surface area contributed by atoms with Crippen molar-refractivity contribution in [1.29, 1.82) is 0 Å². The van der Waals surface area contributed by atoms with E-state index in [-0.39, 0.29) is 0 Å². The molecule has 0 aliphatic carbocycles. The summed E-state index contributed by atoms with van der Waals surface area (Å²) in [5.41, 5.74) is 8.95. The second kappa shape index (κ2) is 10.7. The third kappa shape index (κ3) is 4.20. The van der Waals surface area contributed by atoms with Crippen molar-refractivity contribution in [1.82, 2.24) is 24.1 Å². The van der Waals surface area contributed by atoms with Crippen molar-refractivity contribution in [2.45, 2.75) is 0 Å². The first kappa shape index (κ1) is 27.9. The highest BCUT2D eigenvalue weighted by atomic mass is 16.3. The molecule has 0 N–H and O–H groups in total. The number of hydrogen-bond donors (Lipinski definition) is 0. The van der Waals surface area contributed by atoms with Gasteiger partial charge >= 0.3 is 0 Å². The van der Waals surface area contributed by atoms with Crippen molar-refractivity contribution in [2.24, 2.45) is 0 Å². The molecule has 0 spiro atoms. The second-order valence-electron chi connectivity index (χ2n) is 12.9. The van der Waals surface area contributed by atoms with Gasteiger partial charge in [0.05, 0.1) is 22.1 Å². The van der Waals surface area contributed by atoms with Crippen molar-refractivity contribution < 1.29 is 4.42 Å². The summed E-state index contributed by atoms with van der Waals surface area (Å²) in [5.74, 6) is 1.81. The smallest absolute Gasteiger partial charge is 0.238 e. The number of aromatic nitrogens is 5. The number of hydrogen-bond acceptors (Lipinski definition) is 4. The zero-order valence-corrected chi connectivity index (χ0v) is 27.2. The SMILES string of the molecule is c1ccc(-c2nc(-c3ccc4c5ccccc5n(-c5ccc6oc7ccccc7c6c5)c4c3)nc(-n3c4ccccc4c4ccccc43)n2)cc1. The van der Waals surface area contributed by atoms with E-state index >= 15 is 0 Å². The van der Waals surface area contributed by atoms with Crippen LogP contribution in [0.2, 0.25) is 0 Å². The number of furan rings is 1. The van der Waals surface area contributed by atoms with Crippen LogP contribution in [0.25, 0.3) is 100.0 Å². The normalized spacial score (nSPS) is 11.9. The summed E-state index contributed by atoms with van der Waals surface area (Å²) >= 11 is 0. The highest BCUT2D eigenvalue weighted by Gasteiger charge is 2.20. The molecule has 11 rings (SSSR count). The van der Waals surface area contributed by atoms with Gasteiger partial charge in [0.1, 0.15) is 11.2 Å². The van der Waals surface area contributed by atoms with Crippen LogP contribution in [0.5, 0.6) is 0 Å². The topological polar surface area (TPSA) is 61.7 Å². The van der Waals surface area contributed by atoms with Gasteiger partial charge in [0.2, 0.25) is 5.95 Å². The van der Waals surface area contributed by atoms with Crippen molar-refractivity contribution in [2.75, 3.05) is 0 Å². The van der Waals surface area contributed by atoms with E-state index in [2.05, 4.69) is 130 Å². The summed E-state index contributed by atoms with van der Waals surface area (Å²) in [6.07, 6.45) is 0. The summed E-state index contributed by atoms with van der Waals surface area (Å²) in [5, 5.41) is 6.85. The van der Waals surface area contributed by atoms with E-state index in [1.165, 1.54) is 5.39 Å². The first-order valence-electron chi connectivity index (χ1n) is 17.0. The van der Waals surface area contributed by atoms with Crippen LogP contribution < -0.4 is 0 Å². The van der Waals surface area contributed by atoms with Crippen LogP contribution in [0.1, 0.15) is 0 Å². The maximum Gasteiger partial charge on any atom is 0.238 e. The van der Waals surface area contributed by atoms with E-state index in [1.807, 2.05) is 42.5 Å². The van der Waals surface area contributed by atoms with E-state index in [0.717, 1.165) is 77.0 Å². The van der Waals surface area contributed by atoms with E-state index in [9.17, 15) is 0 Å². The van der Waals surface area contributed by atoms with E-state index < -0.39 is 0 Å². The van der Waals surface area contributed by atoms with Crippen LogP contribution in [0.15, 0.2) is 168 Å². The van der Waals surface area contributed by atoms with Crippen molar-refractivity contribution in [3.63, 3.8) is 0 Å². The van der Waals surface area contributed by atoms with Crippen LogP contribution >= 0.6 is 0 Å². The minimum Gasteiger partial charge on any atom is -0.456 e. The first-order chi connectivity index (χ1) is 25.3. The molecule has 0 saturated heterocycles. The molecule has 0 unspecified atom stereocenters. The fourth-order valence-corrected chi connectivity index (χ4v) is 7.69. The van der Waals surface area contributed by atoms with E-state index in [4.69, 9.17) is 19.4 Å². The Morgan fingerprint density at radius 1 is 0.353 bits per heavy atom. The summed E-state index contributed by atoms with van der Waals surface area (Å²) in [7, 11) is 0. The Bertz CT molecular complexity index is 3100. The lowest BCUT2D eigenvalue weighted by Crippen LogP contribution is -2.06. The molecule has 4 aromatic heterocycles. The number of benzene rings is 7. The average Bonchev–Trinajstić information content (AvgIpc) is 3.85. The molecule has 0 aliphatic heterocycles. The van der Waals surface area contributed by atoms with Gasteiger partial charge < -0.3 is 8.98 Å². The molecule has 6 heteroatoms. The predicted molar refractivity (Wildman–Crippen MR) is 207 cm³/mol. The van der Waals surface area contributed by atoms with Crippen molar-refractivity contribution in [3.05, 3.63) is 164 Å². The third-order valence-electron chi connectivity index (χ3n) is 9.99. The average molecular weight is 654 g/mol. The lowest BCUT2D eigenvalue weighted by molar-refractivity contribution is 0.669. The Hall–Kier alpha value is -7.05. The molecule has 238 valence electrons. The Morgan fingerprint density at radius 2 is 0.902 bits per heavy atom. The zero-order valence-electron chi connectivity index (χ0n) is 27.2. The molecule has 11 aromatic rings. The van der Waals surface area contributed by atoms with E-state index in [0.29, 0.717) is 17.6 Å². The fraction of sp³-hybridized carbons (Fsp3) is 0. The molecule has 0 bridgehead atoms. The van der Waals surface area contributed by atoms with E-state index in [1.54, 1.807) is 0 Å². The number of rotatable bonds is 4. The number of fused-ring (bicyclic) bond motifs is 9. The lowest BCUT2D eigenvalue weighted by atomic mass is 10.1. The first-order valence-corrected chi connectivity index (χ1v) is 17.0. The van der Waals surface area contributed by atoms with Crippen LogP contribution in [0, 0.1) is 0 Å². The van der Waals surface area contributed by atoms with Gasteiger partial charge in [-0.15, -0.1) is 0 Å². The monoisotopic (exact) mass is 653 g/mol.